The zero-order chi connectivity index (χ0) is 18.4. The van der Waals surface area contributed by atoms with E-state index in [1.54, 1.807) is 24.3 Å². The molecule has 8 heteroatoms. The molecule has 0 saturated heterocycles. The van der Waals surface area contributed by atoms with Crippen LogP contribution in [0.3, 0.4) is 0 Å². The first-order valence-electron chi connectivity index (χ1n) is 7.13. The van der Waals surface area contributed by atoms with E-state index >= 15 is 0 Å². The van der Waals surface area contributed by atoms with Crippen molar-refractivity contribution in [1.29, 1.82) is 5.26 Å². The lowest BCUT2D eigenvalue weighted by atomic mass is 10.0. The Hall–Kier alpha value is -3.18. The smallest absolute Gasteiger partial charge is 0.406 e. The number of nitrogens with two attached hydrogens (primary N) is 2. The highest BCUT2D eigenvalue weighted by atomic mass is 19.4. The third-order valence-electron chi connectivity index (χ3n) is 3.36. The van der Waals surface area contributed by atoms with E-state index in [9.17, 15) is 13.2 Å². The number of ether oxygens (including phenoxy) is 1. The van der Waals surface area contributed by atoms with Gasteiger partial charge in [-0.2, -0.15) is 5.26 Å². The number of rotatable bonds is 5. The van der Waals surface area contributed by atoms with Crippen molar-refractivity contribution in [2.45, 2.75) is 12.8 Å². The fourth-order valence-corrected chi connectivity index (χ4v) is 2.16. The van der Waals surface area contributed by atoms with Crippen LogP contribution in [0.5, 0.6) is 5.75 Å². The number of halogens is 3. The summed E-state index contributed by atoms with van der Waals surface area (Å²) in [7, 11) is 0. The van der Waals surface area contributed by atoms with Gasteiger partial charge in [-0.1, -0.05) is 36.4 Å². The average molecular weight is 348 g/mol. The standard InChI is InChI=1S/C17H15F3N4O/c18-17(19,20)25-14-7-3-12(4-8-14)9-11-1-5-13(6-2-11)16(22)15(10-21)24-23/h1-8,24H,9,22-23H2/b16-15-. The quantitative estimate of drug-likeness (QED) is 0.439. The van der Waals surface area contributed by atoms with Crippen molar-refractivity contribution in [1.82, 2.24) is 5.43 Å². The van der Waals surface area contributed by atoms with Gasteiger partial charge in [-0.05, 0) is 29.7 Å². The van der Waals surface area contributed by atoms with Crippen LogP contribution < -0.4 is 21.7 Å². The largest absolute Gasteiger partial charge is 0.573 e. The fraction of sp³-hybridized carbons (Fsp3) is 0.118. The van der Waals surface area contributed by atoms with Crippen molar-refractivity contribution < 1.29 is 17.9 Å². The summed E-state index contributed by atoms with van der Waals surface area (Å²) in [6.07, 6.45) is -4.18. The van der Waals surface area contributed by atoms with Crippen molar-refractivity contribution in [2.75, 3.05) is 0 Å². The van der Waals surface area contributed by atoms with Gasteiger partial charge in [-0.3, -0.25) is 0 Å². The van der Waals surface area contributed by atoms with Gasteiger partial charge in [0.1, 0.15) is 11.8 Å². The second-order valence-electron chi connectivity index (χ2n) is 5.11. The molecule has 130 valence electrons. The molecule has 0 aromatic heterocycles. The number of hydrogen-bond acceptors (Lipinski definition) is 5. The fourth-order valence-electron chi connectivity index (χ4n) is 2.16. The Labute approximate surface area is 142 Å². The summed E-state index contributed by atoms with van der Waals surface area (Å²) in [5, 5.41) is 8.89. The molecule has 2 aromatic carbocycles. The number of hydrazine groups is 1. The number of allylic oxidation sites excluding steroid dienone is 1. The molecule has 0 aliphatic carbocycles. The summed E-state index contributed by atoms with van der Waals surface area (Å²) < 4.78 is 40.2. The summed E-state index contributed by atoms with van der Waals surface area (Å²) in [6, 6.07) is 14.6. The predicted molar refractivity (Wildman–Crippen MR) is 86.4 cm³/mol. The van der Waals surface area contributed by atoms with Crippen molar-refractivity contribution in [2.24, 2.45) is 11.6 Å². The van der Waals surface area contributed by atoms with Gasteiger partial charge in [0.15, 0.2) is 5.70 Å². The highest BCUT2D eigenvalue weighted by molar-refractivity contribution is 5.68. The molecule has 0 bridgehead atoms. The van der Waals surface area contributed by atoms with Gasteiger partial charge < -0.3 is 15.9 Å². The Morgan fingerprint density at radius 1 is 1.04 bits per heavy atom. The van der Waals surface area contributed by atoms with Gasteiger partial charge in [0.25, 0.3) is 0 Å². The molecule has 0 unspecified atom stereocenters. The van der Waals surface area contributed by atoms with E-state index in [0.717, 1.165) is 11.1 Å². The maximum atomic E-state index is 12.1. The minimum Gasteiger partial charge on any atom is -0.406 e. The molecule has 5 N–H and O–H groups in total. The van der Waals surface area contributed by atoms with Gasteiger partial charge in [0, 0.05) is 5.56 Å². The molecule has 0 radical (unpaired) electrons. The normalized spacial score (nSPS) is 12.1. The SMILES string of the molecule is N#C/C(NN)=C(/N)c1ccc(Cc2ccc(OC(F)(F)F)cc2)cc1. The second kappa shape index (κ2) is 7.59. The van der Waals surface area contributed by atoms with E-state index in [1.165, 1.54) is 12.1 Å². The van der Waals surface area contributed by atoms with E-state index in [1.807, 2.05) is 18.2 Å². The van der Waals surface area contributed by atoms with Crippen LogP contribution in [0, 0.1) is 11.3 Å². The molecule has 0 saturated carbocycles. The van der Waals surface area contributed by atoms with E-state index in [2.05, 4.69) is 10.2 Å². The van der Waals surface area contributed by atoms with Gasteiger partial charge in [-0.25, -0.2) is 5.84 Å². The highest BCUT2D eigenvalue weighted by Crippen LogP contribution is 2.23. The van der Waals surface area contributed by atoms with Gasteiger partial charge in [0.05, 0.1) is 5.70 Å². The zero-order valence-electron chi connectivity index (χ0n) is 13.0. The van der Waals surface area contributed by atoms with E-state index < -0.39 is 6.36 Å². The first-order chi connectivity index (χ1) is 11.8. The molecule has 2 rings (SSSR count). The number of nitrogens with one attached hydrogen (secondary N) is 1. The lowest BCUT2D eigenvalue weighted by Crippen LogP contribution is -2.23. The van der Waals surface area contributed by atoms with Gasteiger partial charge in [-0.15, -0.1) is 13.2 Å². The lowest BCUT2D eigenvalue weighted by molar-refractivity contribution is -0.274. The number of hydrogen-bond donors (Lipinski definition) is 3. The Kier molecular flexibility index (Phi) is 5.52. The molecule has 2 aromatic rings. The van der Waals surface area contributed by atoms with Crippen LogP contribution in [0.2, 0.25) is 0 Å². The number of alkyl halides is 3. The Bertz CT molecular complexity index is 791. The summed E-state index contributed by atoms with van der Waals surface area (Å²) in [6.45, 7) is 0. The minimum atomic E-state index is -4.70. The summed E-state index contributed by atoms with van der Waals surface area (Å²) in [4.78, 5) is 0. The Balaban J connectivity index is 2.09. The van der Waals surface area contributed by atoms with Crippen molar-refractivity contribution >= 4 is 5.70 Å². The van der Waals surface area contributed by atoms with Crippen LogP contribution in [-0.2, 0) is 6.42 Å². The van der Waals surface area contributed by atoms with Crippen LogP contribution >= 0.6 is 0 Å². The van der Waals surface area contributed by atoms with Crippen molar-refractivity contribution in [3.05, 3.63) is 70.9 Å². The predicted octanol–water partition coefficient (Wildman–Crippen LogP) is 2.79. The van der Waals surface area contributed by atoms with Crippen LogP contribution in [0.4, 0.5) is 13.2 Å². The van der Waals surface area contributed by atoms with Crippen molar-refractivity contribution in [3.8, 4) is 11.8 Å². The van der Waals surface area contributed by atoms with Gasteiger partial charge >= 0.3 is 6.36 Å². The second-order valence-corrected chi connectivity index (χ2v) is 5.11. The zero-order valence-corrected chi connectivity index (χ0v) is 13.0. The molecule has 0 aliphatic rings. The number of nitrogens with zero attached hydrogens (tertiary/aromatic N) is 1. The monoisotopic (exact) mass is 348 g/mol. The van der Waals surface area contributed by atoms with E-state index in [4.69, 9.17) is 16.8 Å². The molecule has 0 aliphatic heterocycles. The van der Waals surface area contributed by atoms with Crippen LogP contribution in [0.1, 0.15) is 16.7 Å². The summed E-state index contributed by atoms with van der Waals surface area (Å²) in [5.74, 6) is 4.95. The maximum absolute atomic E-state index is 12.1. The summed E-state index contributed by atoms with van der Waals surface area (Å²) >= 11 is 0. The molecule has 0 spiro atoms. The van der Waals surface area contributed by atoms with E-state index in [-0.39, 0.29) is 17.1 Å². The molecular weight excluding hydrogens is 333 g/mol. The minimum absolute atomic E-state index is 0.0630. The molecule has 0 heterocycles. The first-order valence-corrected chi connectivity index (χ1v) is 7.13. The highest BCUT2D eigenvalue weighted by Gasteiger charge is 2.30. The number of benzene rings is 2. The van der Waals surface area contributed by atoms with Crippen LogP contribution in [-0.4, -0.2) is 6.36 Å². The number of nitriles is 1. The molecule has 0 amide bonds. The Morgan fingerprint density at radius 3 is 2.00 bits per heavy atom. The van der Waals surface area contributed by atoms with Crippen LogP contribution in [0.25, 0.3) is 5.70 Å². The summed E-state index contributed by atoms with van der Waals surface area (Å²) in [5.41, 5.74) is 10.7. The average Bonchev–Trinajstić information content (AvgIpc) is 2.57. The van der Waals surface area contributed by atoms with Crippen molar-refractivity contribution in [3.63, 3.8) is 0 Å². The lowest BCUT2D eigenvalue weighted by Gasteiger charge is -2.10. The van der Waals surface area contributed by atoms with Crippen LogP contribution in [0.15, 0.2) is 54.2 Å². The third kappa shape index (κ3) is 5.16. The molecule has 5 nitrogen and oxygen atoms in total. The maximum Gasteiger partial charge on any atom is 0.573 e. The molecule has 0 fully saturated rings. The molecule has 0 atom stereocenters. The van der Waals surface area contributed by atoms with Gasteiger partial charge in [0.2, 0.25) is 0 Å². The topological polar surface area (TPSA) is 97.1 Å². The van der Waals surface area contributed by atoms with E-state index in [0.29, 0.717) is 12.0 Å². The molecule has 25 heavy (non-hydrogen) atoms. The first kappa shape index (κ1) is 18.2. The Morgan fingerprint density at radius 2 is 1.56 bits per heavy atom. The molecular formula is C17H15F3N4O. The third-order valence-corrected chi connectivity index (χ3v) is 3.36.